The minimum Gasteiger partial charge on any atom is -0.481 e. The van der Waals surface area contributed by atoms with Crippen LogP contribution in [-0.2, 0) is 4.79 Å². The van der Waals surface area contributed by atoms with Gasteiger partial charge in [-0.1, -0.05) is 0 Å². The van der Waals surface area contributed by atoms with Gasteiger partial charge in [-0.05, 0) is 31.6 Å². The minimum absolute atomic E-state index is 0.336. The highest BCUT2D eigenvalue weighted by atomic mass is 16.4. The second-order valence-corrected chi connectivity index (χ2v) is 5.29. The van der Waals surface area contributed by atoms with Crippen LogP contribution in [0, 0.1) is 11.3 Å². The molecule has 0 aromatic carbocycles. The second-order valence-electron chi connectivity index (χ2n) is 5.29. The van der Waals surface area contributed by atoms with Crippen molar-refractivity contribution in [1.29, 1.82) is 0 Å². The van der Waals surface area contributed by atoms with Crippen LogP contribution in [-0.4, -0.2) is 34.1 Å². The van der Waals surface area contributed by atoms with Crippen molar-refractivity contribution in [3.8, 4) is 0 Å². The summed E-state index contributed by atoms with van der Waals surface area (Å²) in [4.78, 5) is 21.9. The van der Waals surface area contributed by atoms with Crippen LogP contribution in [0.3, 0.4) is 0 Å². The number of carboxylic acids is 1. The highest BCUT2D eigenvalue weighted by Crippen LogP contribution is 2.55. The number of carbonyl (C=O) groups is 1. The van der Waals surface area contributed by atoms with E-state index in [1.807, 2.05) is 0 Å². The Morgan fingerprint density at radius 3 is 2.56 bits per heavy atom. The molecule has 0 unspecified atom stereocenters. The Kier molecular flexibility index (Phi) is 2.69. The fourth-order valence-corrected chi connectivity index (χ4v) is 3.05. The molecule has 2 heterocycles. The topological polar surface area (TPSA) is 66.3 Å². The molecule has 1 aromatic rings. The Hall–Kier alpha value is -1.65. The lowest BCUT2D eigenvalue weighted by Gasteiger charge is -2.35. The van der Waals surface area contributed by atoms with Crippen molar-refractivity contribution in [3.05, 3.63) is 18.6 Å². The summed E-state index contributed by atoms with van der Waals surface area (Å²) < 4.78 is 0. The maximum absolute atomic E-state index is 11.3. The van der Waals surface area contributed by atoms with Gasteiger partial charge in [0.1, 0.15) is 5.82 Å². The van der Waals surface area contributed by atoms with Gasteiger partial charge in [-0.2, -0.15) is 0 Å². The quantitative estimate of drug-likeness (QED) is 0.878. The summed E-state index contributed by atoms with van der Waals surface area (Å²) in [5.74, 6) is 0.638. The van der Waals surface area contributed by atoms with Gasteiger partial charge in [-0.15, -0.1) is 0 Å². The first-order valence-electron chi connectivity index (χ1n) is 6.47. The predicted octanol–water partition coefficient (Wildman–Crippen LogP) is 1.56. The maximum atomic E-state index is 11.3. The Labute approximate surface area is 106 Å². The van der Waals surface area contributed by atoms with Crippen molar-refractivity contribution in [2.24, 2.45) is 11.3 Å². The monoisotopic (exact) mass is 247 g/mol. The highest BCUT2D eigenvalue weighted by Gasteiger charge is 2.56. The van der Waals surface area contributed by atoms with E-state index < -0.39 is 11.4 Å². The molecule has 1 N–H and O–H groups in total. The fraction of sp³-hybridized carbons (Fsp3) is 0.615. The van der Waals surface area contributed by atoms with Gasteiger partial charge in [0.05, 0.1) is 11.6 Å². The first kappa shape index (κ1) is 11.4. The van der Waals surface area contributed by atoms with Crippen LogP contribution in [0.15, 0.2) is 18.6 Å². The Balaban J connectivity index is 1.64. The summed E-state index contributed by atoms with van der Waals surface area (Å²) in [6, 6.07) is 0. The summed E-state index contributed by atoms with van der Waals surface area (Å²) in [5.41, 5.74) is -0.394. The van der Waals surface area contributed by atoms with E-state index >= 15 is 0 Å². The molecule has 0 radical (unpaired) electrons. The van der Waals surface area contributed by atoms with Gasteiger partial charge in [0.25, 0.3) is 0 Å². The van der Waals surface area contributed by atoms with E-state index in [-0.39, 0.29) is 0 Å². The number of piperidine rings is 1. The van der Waals surface area contributed by atoms with E-state index in [0.29, 0.717) is 5.92 Å². The lowest BCUT2D eigenvalue weighted by Crippen LogP contribution is -2.39. The van der Waals surface area contributed by atoms with Crippen LogP contribution in [0.4, 0.5) is 5.82 Å². The number of rotatable bonds is 3. The number of aromatic nitrogens is 2. The van der Waals surface area contributed by atoms with Crippen LogP contribution < -0.4 is 4.90 Å². The van der Waals surface area contributed by atoms with Gasteiger partial charge >= 0.3 is 5.97 Å². The van der Waals surface area contributed by atoms with Crippen LogP contribution in [0.1, 0.15) is 25.7 Å². The lowest BCUT2D eigenvalue weighted by molar-refractivity contribution is -0.146. The largest absolute Gasteiger partial charge is 0.481 e. The van der Waals surface area contributed by atoms with E-state index in [1.165, 1.54) is 0 Å². The molecule has 5 heteroatoms. The third-order valence-electron chi connectivity index (χ3n) is 4.36. The molecular weight excluding hydrogens is 230 g/mol. The molecule has 1 aliphatic carbocycles. The first-order chi connectivity index (χ1) is 8.72. The number of hydrogen-bond donors (Lipinski definition) is 1. The van der Waals surface area contributed by atoms with Crippen LogP contribution >= 0.6 is 0 Å². The first-order valence-corrected chi connectivity index (χ1v) is 6.47. The second kappa shape index (κ2) is 4.23. The van der Waals surface area contributed by atoms with E-state index in [1.54, 1.807) is 18.6 Å². The Morgan fingerprint density at radius 1 is 1.33 bits per heavy atom. The molecule has 0 spiro atoms. The zero-order valence-corrected chi connectivity index (χ0v) is 10.2. The molecule has 1 saturated carbocycles. The van der Waals surface area contributed by atoms with E-state index in [4.69, 9.17) is 0 Å². The number of hydrogen-bond acceptors (Lipinski definition) is 4. The van der Waals surface area contributed by atoms with E-state index in [0.717, 1.165) is 44.6 Å². The summed E-state index contributed by atoms with van der Waals surface area (Å²) in [6.07, 6.45) is 8.74. The molecule has 1 aromatic heterocycles. The standard InChI is InChI=1S/C13H17N3O2/c17-12(18)13(3-4-13)10-1-7-16(8-2-10)11-9-14-5-6-15-11/h5-6,9-10H,1-4,7-8H2,(H,17,18). The predicted molar refractivity (Wildman–Crippen MR) is 66.3 cm³/mol. The van der Waals surface area contributed by atoms with Gasteiger partial charge < -0.3 is 10.0 Å². The summed E-state index contributed by atoms with van der Waals surface area (Å²) in [5, 5.41) is 9.30. The average Bonchev–Trinajstić information content (AvgIpc) is 3.22. The normalized spacial score (nSPS) is 22.8. The average molecular weight is 247 g/mol. The smallest absolute Gasteiger partial charge is 0.309 e. The minimum atomic E-state index is -0.597. The van der Waals surface area contributed by atoms with Crippen molar-refractivity contribution >= 4 is 11.8 Å². The molecular formula is C13H17N3O2. The molecule has 0 amide bonds. The van der Waals surface area contributed by atoms with Gasteiger partial charge in [-0.3, -0.25) is 9.78 Å². The molecule has 2 aliphatic rings. The lowest BCUT2D eigenvalue weighted by atomic mass is 9.81. The highest BCUT2D eigenvalue weighted by molar-refractivity contribution is 5.78. The molecule has 1 saturated heterocycles. The number of nitrogens with zero attached hydrogens (tertiary/aromatic N) is 3. The molecule has 3 rings (SSSR count). The fourth-order valence-electron chi connectivity index (χ4n) is 3.05. The third-order valence-corrected chi connectivity index (χ3v) is 4.36. The Bertz CT molecular complexity index is 437. The molecule has 0 atom stereocenters. The molecule has 1 aliphatic heterocycles. The maximum Gasteiger partial charge on any atom is 0.309 e. The van der Waals surface area contributed by atoms with Crippen molar-refractivity contribution < 1.29 is 9.90 Å². The molecule has 2 fully saturated rings. The zero-order valence-electron chi connectivity index (χ0n) is 10.2. The van der Waals surface area contributed by atoms with E-state index in [2.05, 4.69) is 14.9 Å². The van der Waals surface area contributed by atoms with Gasteiger partial charge in [0.15, 0.2) is 0 Å². The zero-order chi connectivity index (χ0) is 12.6. The molecule has 18 heavy (non-hydrogen) atoms. The van der Waals surface area contributed by atoms with Crippen molar-refractivity contribution in [3.63, 3.8) is 0 Å². The number of anilines is 1. The van der Waals surface area contributed by atoms with Gasteiger partial charge in [0, 0.05) is 25.5 Å². The van der Waals surface area contributed by atoms with Gasteiger partial charge in [-0.25, -0.2) is 4.98 Å². The van der Waals surface area contributed by atoms with Crippen molar-refractivity contribution in [2.75, 3.05) is 18.0 Å². The molecule has 96 valence electrons. The van der Waals surface area contributed by atoms with Crippen LogP contribution in [0.25, 0.3) is 0 Å². The molecule has 5 nitrogen and oxygen atoms in total. The summed E-state index contributed by atoms with van der Waals surface area (Å²) >= 11 is 0. The van der Waals surface area contributed by atoms with Crippen molar-refractivity contribution in [2.45, 2.75) is 25.7 Å². The van der Waals surface area contributed by atoms with Crippen molar-refractivity contribution in [1.82, 2.24) is 9.97 Å². The summed E-state index contributed by atoms with van der Waals surface area (Å²) in [6.45, 7) is 1.77. The third kappa shape index (κ3) is 1.83. The summed E-state index contributed by atoms with van der Waals surface area (Å²) in [7, 11) is 0. The van der Waals surface area contributed by atoms with Crippen LogP contribution in [0.2, 0.25) is 0 Å². The number of aliphatic carboxylic acids is 1. The van der Waals surface area contributed by atoms with Crippen LogP contribution in [0.5, 0.6) is 0 Å². The number of carboxylic acid groups (broad SMARTS) is 1. The van der Waals surface area contributed by atoms with E-state index in [9.17, 15) is 9.90 Å². The Morgan fingerprint density at radius 2 is 2.06 bits per heavy atom. The SMILES string of the molecule is O=C(O)C1(C2CCN(c3cnccn3)CC2)CC1. The van der Waals surface area contributed by atoms with Gasteiger partial charge in [0.2, 0.25) is 0 Å². The molecule has 0 bridgehead atoms.